The predicted molar refractivity (Wildman–Crippen MR) is 132 cm³/mol. The third kappa shape index (κ3) is 5.15. The normalized spacial score (nSPS) is 14.8. The van der Waals surface area contributed by atoms with Crippen LogP contribution in [-0.2, 0) is 34.3 Å². The summed E-state index contributed by atoms with van der Waals surface area (Å²) < 4.78 is 29.7. The molecule has 0 radical (unpaired) electrons. The number of hydrogen-bond acceptors (Lipinski definition) is 5. The Bertz CT molecular complexity index is 1200. The number of carbonyl (C=O) groups is 1. The van der Waals surface area contributed by atoms with Gasteiger partial charge in [0.2, 0.25) is 15.9 Å². The molecule has 3 heterocycles. The van der Waals surface area contributed by atoms with E-state index >= 15 is 0 Å². The molecule has 0 atom stereocenters. The smallest absolute Gasteiger partial charge is 0.243 e. The highest BCUT2D eigenvalue weighted by Gasteiger charge is 2.28. The molecule has 0 spiro atoms. The van der Waals surface area contributed by atoms with E-state index in [-0.39, 0.29) is 5.91 Å². The van der Waals surface area contributed by atoms with E-state index < -0.39 is 10.0 Å². The fourth-order valence-corrected chi connectivity index (χ4v) is 6.66. The molecular weight excluding hydrogens is 456 g/mol. The highest BCUT2D eigenvalue weighted by molar-refractivity contribution is 7.89. The van der Waals surface area contributed by atoms with Crippen molar-refractivity contribution in [2.45, 2.75) is 63.9 Å². The van der Waals surface area contributed by atoms with Crippen LogP contribution >= 0.6 is 11.3 Å². The molecule has 1 saturated heterocycles. The zero-order chi connectivity index (χ0) is 23.4. The van der Waals surface area contributed by atoms with Crippen LogP contribution in [0.2, 0.25) is 0 Å². The van der Waals surface area contributed by atoms with E-state index in [2.05, 4.69) is 17.6 Å². The molecular formula is C24H32N4O3S2. The molecule has 0 saturated carbocycles. The van der Waals surface area contributed by atoms with E-state index in [1.165, 1.54) is 4.88 Å². The topological polar surface area (TPSA) is 75.5 Å². The predicted octanol–water partition coefficient (Wildman–Crippen LogP) is 4.27. The van der Waals surface area contributed by atoms with Crippen molar-refractivity contribution < 1.29 is 13.2 Å². The molecule has 9 heteroatoms. The third-order valence-corrected chi connectivity index (χ3v) is 8.93. The number of thiophene rings is 1. The summed E-state index contributed by atoms with van der Waals surface area (Å²) in [5, 5.41) is 2.03. The molecule has 178 valence electrons. The second-order valence-corrected chi connectivity index (χ2v) is 11.4. The van der Waals surface area contributed by atoms with E-state index in [0.29, 0.717) is 49.4 Å². The van der Waals surface area contributed by atoms with Gasteiger partial charge in [-0.2, -0.15) is 4.31 Å². The van der Waals surface area contributed by atoms with Crippen LogP contribution in [0.25, 0.3) is 11.0 Å². The first-order valence-electron chi connectivity index (χ1n) is 11.7. The average molecular weight is 489 g/mol. The lowest BCUT2D eigenvalue weighted by Crippen LogP contribution is -2.30. The van der Waals surface area contributed by atoms with Crippen LogP contribution in [0.15, 0.2) is 40.6 Å². The van der Waals surface area contributed by atoms with Crippen LogP contribution in [-0.4, -0.2) is 52.7 Å². The van der Waals surface area contributed by atoms with E-state index in [0.717, 1.165) is 37.1 Å². The number of hydrogen-bond donors (Lipinski definition) is 0. The minimum absolute atomic E-state index is 0.110. The van der Waals surface area contributed by atoms with Gasteiger partial charge in [0.15, 0.2) is 0 Å². The van der Waals surface area contributed by atoms with Crippen LogP contribution < -0.4 is 0 Å². The molecule has 0 aliphatic carbocycles. The van der Waals surface area contributed by atoms with Crippen LogP contribution in [0.1, 0.15) is 50.2 Å². The summed E-state index contributed by atoms with van der Waals surface area (Å²) >= 11 is 1.66. The molecule has 1 aliphatic heterocycles. The van der Waals surface area contributed by atoms with Gasteiger partial charge < -0.3 is 9.47 Å². The summed E-state index contributed by atoms with van der Waals surface area (Å²) in [5.41, 5.74) is 1.60. The van der Waals surface area contributed by atoms with E-state index in [9.17, 15) is 13.2 Å². The van der Waals surface area contributed by atoms with Gasteiger partial charge in [-0.05, 0) is 55.8 Å². The van der Waals surface area contributed by atoms with E-state index in [1.807, 2.05) is 29.3 Å². The molecule has 4 rings (SSSR count). The van der Waals surface area contributed by atoms with Crippen molar-refractivity contribution in [3.63, 3.8) is 0 Å². The molecule has 1 aliphatic rings. The van der Waals surface area contributed by atoms with Crippen molar-refractivity contribution >= 4 is 38.3 Å². The van der Waals surface area contributed by atoms with Gasteiger partial charge in [-0.15, -0.1) is 11.3 Å². The van der Waals surface area contributed by atoms with E-state index in [4.69, 9.17) is 4.98 Å². The van der Waals surface area contributed by atoms with E-state index in [1.54, 1.807) is 27.8 Å². The van der Waals surface area contributed by atoms with Crippen LogP contribution in [0, 0.1) is 0 Å². The first-order valence-corrected chi connectivity index (χ1v) is 14.1. The summed E-state index contributed by atoms with van der Waals surface area (Å²) in [7, 11) is -3.49. The van der Waals surface area contributed by atoms with Gasteiger partial charge in [0.1, 0.15) is 5.82 Å². The largest absolute Gasteiger partial charge is 0.338 e. The number of fused-ring (bicyclic) bond motifs is 1. The fourth-order valence-electron chi connectivity index (χ4n) is 4.41. The lowest BCUT2D eigenvalue weighted by Gasteiger charge is -2.20. The minimum atomic E-state index is -3.49. The number of nitrogens with zero attached hydrogens (tertiary/aromatic N) is 4. The molecule has 1 amide bonds. The SMILES string of the molecule is CCCn1c(CCC(=O)N(CC)Cc2cccs2)nc2cc(S(=O)(=O)N3CCCC3)ccc21. The quantitative estimate of drug-likeness (QED) is 0.427. The fraction of sp³-hybridized carbons (Fsp3) is 0.500. The van der Waals surface area contributed by atoms with Crippen molar-refractivity contribution in [3.8, 4) is 0 Å². The molecule has 2 aromatic heterocycles. The summed E-state index contributed by atoms with van der Waals surface area (Å²) in [6.07, 6.45) is 3.66. The Morgan fingerprint density at radius 3 is 2.64 bits per heavy atom. The Hall–Kier alpha value is -2.23. The second-order valence-electron chi connectivity index (χ2n) is 8.43. The highest BCUT2D eigenvalue weighted by atomic mass is 32.2. The highest BCUT2D eigenvalue weighted by Crippen LogP contribution is 2.26. The first kappa shape index (κ1) is 23.9. The Labute approximate surface area is 200 Å². The summed E-state index contributed by atoms with van der Waals surface area (Å²) in [5.74, 6) is 0.946. The summed E-state index contributed by atoms with van der Waals surface area (Å²) in [4.78, 5) is 21.0. The maximum Gasteiger partial charge on any atom is 0.243 e. The molecule has 7 nitrogen and oxygen atoms in total. The number of sulfonamides is 1. The first-order chi connectivity index (χ1) is 15.9. The van der Waals surface area contributed by atoms with Gasteiger partial charge in [0.25, 0.3) is 0 Å². The Balaban J connectivity index is 1.55. The zero-order valence-electron chi connectivity index (χ0n) is 19.4. The van der Waals surface area contributed by atoms with Gasteiger partial charge in [-0.3, -0.25) is 4.79 Å². The van der Waals surface area contributed by atoms with Gasteiger partial charge in [-0.25, -0.2) is 13.4 Å². The number of imidazole rings is 1. The van der Waals surface area contributed by atoms with Gasteiger partial charge in [0.05, 0.1) is 22.5 Å². The lowest BCUT2D eigenvalue weighted by molar-refractivity contribution is -0.131. The van der Waals surface area contributed by atoms with Crippen molar-refractivity contribution in [2.24, 2.45) is 0 Å². The third-order valence-electron chi connectivity index (χ3n) is 6.17. The maximum atomic E-state index is 13.0. The lowest BCUT2D eigenvalue weighted by atomic mass is 10.2. The number of aromatic nitrogens is 2. The van der Waals surface area contributed by atoms with Crippen molar-refractivity contribution in [3.05, 3.63) is 46.4 Å². The number of carbonyl (C=O) groups excluding carboxylic acids is 1. The number of aryl methyl sites for hydroxylation is 2. The van der Waals surface area contributed by atoms with Crippen LogP contribution in [0.3, 0.4) is 0 Å². The van der Waals surface area contributed by atoms with Gasteiger partial charge >= 0.3 is 0 Å². The monoisotopic (exact) mass is 488 g/mol. The molecule has 1 aromatic carbocycles. The molecule has 3 aromatic rings. The molecule has 0 N–H and O–H groups in total. The minimum Gasteiger partial charge on any atom is -0.338 e. The second kappa shape index (κ2) is 10.4. The molecule has 33 heavy (non-hydrogen) atoms. The Morgan fingerprint density at radius 1 is 1.18 bits per heavy atom. The van der Waals surface area contributed by atoms with Crippen LogP contribution in [0.4, 0.5) is 0 Å². The van der Waals surface area contributed by atoms with Crippen molar-refractivity contribution in [2.75, 3.05) is 19.6 Å². The van der Waals surface area contributed by atoms with Gasteiger partial charge in [-0.1, -0.05) is 13.0 Å². The Kier molecular flexibility index (Phi) is 7.51. The van der Waals surface area contributed by atoms with Crippen molar-refractivity contribution in [1.29, 1.82) is 0 Å². The van der Waals surface area contributed by atoms with Gasteiger partial charge in [0, 0.05) is 43.9 Å². The van der Waals surface area contributed by atoms with Crippen molar-refractivity contribution in [1.82, 2.24) is 18.8 Å². The molecule has 0 bridgehead atoms. The molecule has 0 unspecified atom stereocenters. The molecule has 1 fully saturated rings. The summed E-state index contributed by atoms with van der Waals surface area (Å²) in [6.45, 7) is 7.35. The standard InChI is InChI=1S/C24H32N4O3S2/c1-3-13-28-22-10-9-20(33(30,31)27-14-5-6-15-27)17-21(22)25-23(28)11-12-24(29)26(4-2)18-19-8-7-16-32-19/h7-10,16-17H,3-6,11-15,18H2,1-2H3. The number of rotatable bonds is 10. The Morgan fingerprint density at radius 2 is 1.97 bits per heavy atom. The number of amides is 1. The number of benzene rings is 1. The zero-order valence-corrected chi connectivity index (χ0v) is 21.0. The summed E-state index contributed by atoms with van der Waals surface area (Å²) in [6, 6.07) is 9.30. The average Bonchev–Trinajstić information content (AvgIpc) is 3.57. The van der Waals surface area contributed by atoms with Crippen LogP contribution in [0.5, 0.6) is 0 Å². The maximum absolute atomic E-state index is 13.0.